The molecule has 0 aliphatic heterocycles. The van der Waals surface area contributed by atoms with E-state index in [-0.39, 0.29) is 0 Å². The molecule has 3 heteroatoms. The number of aromatic nitrogens is 1. The predicted octanol–water partition coefficient (Wildman–Crippen LogP) is 15.0. The molecule has 8 aromatic carbocycles. The third-order valence-corrected chi connectivity index (χ3v) is 11.3. The largest absolute Gasteiger partial charge is 0.362 e. The first-order valence-electron chi connectivity index (χ1n) is 20.2. The van der Waals surface area contributed by atoms with Gasteiger partial charge in [-0.15, -0.1) is 0 Å². The number of nitrogens with one attached hydrogen (secondary N) is 1. The first-order chi connectivity index (χ1) is 28.7. The third kappa shape index (κ3) is 6.67. The summed E-state index contributed by atoms with van der Waals surface area (Å²) in [6.07, 6.45) is 12.3. The van der Waals surface area contributed by atoms with Crippen LogP contribution in [0.3, 0.4) is 0 Å². The lowest BCUT2D eigenvalue weighted by Gasteiger charge is -2.31. The molecule has 10 rings (SSSR count). The molecule has 1 unspecified atom stereocenters. The Kier molecular flexibility index (Phi) is 9.25. The van der Waals surface area contributed by atoms with Crippen LogP contribution >= 0.6 is 0 Å². The topological polar surface area (TPSA) is 20.2 Å². The second-order valence-electron chi connectivity index (χ2n) is 15.2. The van der Waals surface area contributed by atoms with Gasteiger partial charge < -0.3 is 14.8 Å². The number of para-hydroxylation sites is 1. The van der Waals surface area contributed by atoms with Crippen LogP contribution in [-0.2, 0) is 0 Å². The van der Waals surface area contributed by atoms with Crippen molar-refractivity contribution in [2.75, 3.05) is 10.2 Å². The van der Waals surface area contributed by atoms with Crippen LogP contribution in [-0.4, -0.2) is 4.57 Å². The quantitative estimate of drug-likeness (QED) is 0.159. The van der Waals surface area contributed by atoms with Gasteiger partial charge >= 0.3 is 0 Å². The van der Waals surface area contributed by atoms with Gasteiger partial charge in [0.1, 0.15) is 0 Å². The van der Waals surface area contributed by atoms with Crippen LogP contribution in [0.25, 0.3) is 66.6 Å². The van der Waals surface area contributed by atoms with Gasteiger partial charge in [0.2, 0.25) is 0 Å². The van der Waals surface area contributed by atoms with Crippen LogP contribution in [0.1, 0.15) is 18.9 Å². The van der Waals surface area contributed by atoms with Crippen molar-refractivity contribution < 1.29 is 0 Å². The van der Waals surface area contributed by atoms with E-state index in [2.05, 4.69) is 234 Å². The fraction of sp³-hybridized carbons (Fsp3) is 0.0545. The Morgan fingerprint density at radius 2 is 1.24 bits per heavy atom. The van der Waals surface area contributed by atoms with Gasteiger partial charge in [-0.1, -0.05) is 165 Å². The van der Waals surface area contributed by atoms with Crippen LogP contribution < -0.4 is 10.2 Å². The number of hydrogen-bond acceptors (Lipinski definition) is 2. The van der Waals surface area contributed by atoms with Gasteiger partial charge in [-0.05, 0) is 100.0 Å². The second-order valence-corrected chi connectivity index (χ2v) is 15.2. The molecule has 278 valence electrons. The molecule has 0 saturated carbocycles. The lowest BCUT2D eigenvalue weighted by Crippen LogP contribution is -2.19. The zero-order valence-corrected chi connectivity index (χ0v) is 32.5. The molecule has 1 aliphatic carbocycles. The maximum atomic E-state index is 3.50. The van der Waals surface area contributed by atoms with E-state index in [9.17, 15) is 0 Å². The maximum Gasteiger partial charge on any atom is 0.0541 e. The number of fused-ring (bicyclic) bond motifs is 3. The van der Waals surface area contributed by atoms with E-state index in [0.717, 1.165) is 40.2 Å². The maximum absolute atomic E-state index is 3.50. The standard InChI is InChI=1S/C55H43N3/c1-39-15-12-24-48(35-39)57(51-27-13-20-40-16-8-10-25-49(40)51)53-36-44(30-29-43(53)33-34-56-47-22-6-3-7-23-47)45-31-32-46-38-54(42-18-4-2-5-19-42)58(55(46)37-45)52-28-14-21-41-17-9-11-26-50(41)52/h2-14,16-39,56H,15H2,1H3/b34-33+. The Hall–Kier alpha value is -7.36. The summed E-state index contributed by atoms with van der Waals surface area (Å²) in [6.45, 7) is 2.30. The number of benzene rings is 8. The minimum Gasteiger partial charge on any atom is -0.362 e. The van der Waals surface area contributed by atoms with Crippen molar-refractivity contribution in [2.45, 2.75) is 13.3 Å². The molecule has 1 N–H and O–H groups in total. The van der Waals surface area contributed by atoms with Crippen molar-refractivity contribution in [1.82, 2.24) is 4.57 Å². The highest BCUT2D eigenvalue weighted by Crippen LogP contribution is 2.42. The Balaban J connectivity index is 1.19. The van der Waals surface area contributed by atoms with E-state index in [1.807, 2.05) is 6.07 Å². The summed E-state index contributed by atoms with van der Waals surface area (Å²) in [7, 11) is 0. The molecule has 1 aromatic heterocycles. The first kappa shape index (κ1) is 35.1. The van der Waals surface area contributed by atoms with Crippen LogP contribution in [0.15, 0.2) is 218 Å². The normalized spacial score (nSPS) is 14.0. The highest BCUT2D eigenvalue weighted by atomic mass is 15.2. The molecule has 3 nitrogen and oxygen atoms in total. The predicted molar refractivity (Wildman–Crippen MR) is 248 cm³/mol. The number of rotatable bonds is 9. The van der Waals surface area contributed by atoms with Crippen molar-refractivity contribution >= 4 is 55.6 Å². The molecule has 0 saturated heterocycles. The van der Waals surface area contributed by atoms with Gasteiger partial charge in [-0.3, -0.25) is 0 Å². The van der Waals surface area contributed by atoms with Gasteiger partial charge in [-0.25, -0.2) is 0 Å². The van der Waals surface area contributed by atoms with Gasteiger partial charge in [0.25, 0.3) is 0 Å². The number of allylic oxidation sites excluding steroid dienone is 3. The second kappa shape index (κ2) is 15.3. The van der Waals surface area contributed by atoms with E-state index < -0.39 is 0 Å². The zero-order valence-electron chi connectivity index (χ0n) is 32.5. The number of nitrogens with zero attached hydrogens (tertiary/aromatic N) is 2. The lowest BCUT2D eigenvalue weighted by atomic mass is 9.96. The molecule has 0 amide bonds. The lowest BCUT2D eigenvalue weighted by molar-refractivity contribution is 0.726. The van der Waals surface area contributed by atoms with Crippen LogP contribution in [0.5, 0.6) is 0 Å². The summed E-state index contributed by atoms with van der Waals surface area (Å²) in [4.78, 5) is 2.46. The minimum atomic E-state index is 0.419. The van der Waals surface area contributed by atoms with Crippen molar-refractivity contribution in [3.63, 3.8) is 0 Å². The Bertz CT molecular complexity index is 3010. The van der Waals surface area contributed by atoms with E-state index >= 15 is 0 Å². The van der Waals surface area contributed by atoms with Crippen molar-refractivity contribution in [3.8, 4) is 28.1 Å². The Morgan fingerprint density at radius 3 is 2.05 bits per heavy atom. The van der Waals surface area contributed by atoms with E-state index in [0.29, 0.717) is 5.92 Å². The van der Waals surface area contributed by atoms with Crippen molar-refractivity contribution in [2.24, 2.45) is 5.92 Å². The van der Waals surface area contributed by atoms with Gasteiger partial charge in [0.15, 0.2) is 0 Å². The van der Waals surface area contributed by atoms with Crippen molar-refractivity contribution in [3.05, 3.63) is 224 Å². The number of anilines is 3. The fourth-order valence-corrected chi connectivity index (χ4v) is 8.46. The average molecular weight is 746 g/mol. The number of hydrogen-bond donors (Lipinski definition) is 1. The Morgan fingerprint density at radius 1 is 0.569 bits per heavy atom. The summed E-state index contributed by atoms with van der Waals surface area (Å²) in [5, 5.41) is 9.57. The van der Waals surface area contributed by atoms with E-state index in [1.165, 1.54) is 55.1 Å². The molecule has 58 heavy (non-hydrogen) atoms. The van der Waals surface area contributed by atoms with E-state index in [4.69, 9.17) is 0 Å². The van der Waals surface area contributed by atoms with Gasteiger partial charge in [-0.2, -0.15) is 0 Å². The molecule has 0 spiro atoms. The summed E-state index contributed by atoms with van der Waals surface area (Å²) >= 11 is 0. The highest BCUT2D eigenvalue weighted by molar-refractivity contribution is 6.00. The van der Waals surface area contributed by atoms with Crippen molar-refractivity contribution in [1.29, 1.82) is 0 Å². The molecule has 0 bridgehead atoms. The molecular formula is C55H43N3. The molecule has 1 aliphatic rings. The first-order valence-corrected chi connectivity index (χ1v) is 20.2. The van der Waals surface area contributed by atoms with Gasteiger partial charge in [0, 0.05) is 33.7 Å². The third-order valence-electron chi connectivity index (χ3n) is 11.3. The monoisotopic (exact) mass is 745 g/mol. The summed E-state index contributed by atoms with van der Waals surface area (Å²) in [6, 6.07) is 67.9. The molecule has 1 heterocycles. The molecule has 0 fully saturated rings. The molecule has 0 radical (unpaired) electrons. The molecule has 9 aromatic rings. The average Bonchev–Trinajstić information content (AvgIpc) is 3.66. The van der Waals surface area contributed by atoms with Gasteiger partial charge in [0.05, 0.1) is 28.3 Å². The zero-order chi connectivity index (χ0) is 38.8. The SMILES string of the molecule is CC1C=C(N(c2cc(-c3ccc4cc(-c5ccccc5)n(-c5cccc6ccccc56)c4c3)ccc2/C=C/Nc2ccccc2)c2cccc3ccccc23)C=CC1. The summed E-state index contributed by atoms with van der Waals surface area (Å²) < 4.78 is 2.45. The molecular weight excluding hydrogens is 703 g/mol. The van der Waals surface area contributed by atoms with Crippen LogP contribution in [0.2, 0.25) is 0 Å². The van der Waals surface area contributed by atoms with Crippen LogP contribution in [0, 0.1) is 5.92 Å². The Labute approximate surface area is 340 Å². The van der Waals surface area contributed by atoms with E-state index in [1.54, 1.807) is 0 Å². The smallest absolute Gasteiger partial charge is 0.0541 e. The summed E-state index contributed by atoms with van der Waals surface area (Å²) in [5.41, 5.74) is 12.6. The fourth-order valence-electron chi connectivity index (χ4n) is 8.46. The molecule has 1 atom stereocenters. The van der Waals surface area contributed by atoms with Crippen LogP contribution in [0.4, 0.5) is 17.1 Å². The summed E-state index contributed by atoms with van der Waals surface area (Å²) in [5.74, 6) is 0.419. The highest BCUT2D eigenvalue weighted by Gasteiger charge is 2.22. The minimum absolute atomic E-state index is 0.419.